The van der Waals surface area contributed by atoms with Crippen molar-refractivity contribution in [1.82, 2.24) is 15.4 Å². The van der Waals surface area contributed by atoms with Gasteiger partial charge in [0.2, 0.25) is 0 Å². The van der Waals surface area contributed by atoms with E-state index in [4.69, 9.17) is 0 Å². The summed E-state index contributed by atoms with van der Waals surface area (Å²) >= 11 is 0. The molecule has 3 aromatic rings. The number of rotatable bonds is 4. The van der Waals surface area contributed by atoms with Crippen molar-refractivity contribution in [3.63, 3.8) is 0 Å². The van der Waals surface area contributed by atoms with E-state index in [2.05, 4.69) is 20.5 Å². The number of hydrazone groups is 1. The molecule has 1 heterocycles. The van der Waals surface area contributed by atoms with E-state index in [0.717, 1.165) is 6.21 Å². The van der Waals surface area contributed by atoms with Crippen LogP contribution in [0.1, 0.15) is 16.1 Å². The molecule has 0 radical (unpaired) electrons. The molecule has 2 aromatic carbocycles. The van der Waals surface area contributed by atoms with Gasteiger partial charge in [0.05, 0.1) is 11.9 Å². The first-order valence-corrected chi connectivity index (χ1v) is 7.48. The molecule has 6 nitrogen and oxygen atoms in total. The van der Waals surface area contributed by atoms with Gasteiger partial charge in [-0.3, -0.25) is 4.79 Å². The maximum absolute atomic E-state index is 13.5. The first-order valence-electron chi connectivity index (χ1n) is 7.48. The predicted molar refractivity (Wildman–Crippen MR) is 91.7 cm³/mol. The van der Waals surface area contributed by atoms with Crippen LogP contribution in [0.2, 0.25) is 0 Å². The summed E-state index contributed by atoms with van der Waals surface area (Å²) in [7, 11) is 0. The summed E-state index contributed by atoms with van der Waals surface area (Å²) in [4.78, 5) is 29.9. The lowest BCUT2D eigenvalue weighted by atomic mass is 10.1. The van der Waals surface area contributed by atoms with Crippen LogP contribution in [0.5, 0.6) is 0 Å². The van der Waals surface area contributed by atoms with Crippen LogP contribution in [0.4, 0.5) is 8.78 Å². The second-order valence-electron chi connectivity index (χ2n) is 5.21. The minimum atomic E-state index is -0.741. The minimum absolute atomic E-state index is 0.0880. The van der Waals surface area contributed by atoms with Crippen LogP contribution in [-0.2, 0) is 0 Å². The van der Waals surface area contributed by atoms with Crippen LogP contribution in [0, 0.1) is 11.6 Å². The third-order valence-corrected chi connectivity index (χ3v) is 3.40. The molecule has 0 bridgehead atoms. The largest absolute Gasteiger partial charge is 0.346 e. The van der Waals surface area contributed by atoms with E-state index >= 15 is 0 Å². The normalized spacial score (nSPS) is 10.8. The number of carbonyl (C=O) groups is 1. The quantitative estimate of drug-likeness (QED) is 0.557. The zero-order valence-electron chi connectivity index (χ0n) is 13.2. The fraction of sp³-hybridized carbons (Fsp3) is 0. The Labute approximate surface area is 146 Å². The number of halogens is 2. The maximum Gasteiger partial charge on any atom is 0.346 e. The van der Waals surface area contributed by atoms with Crippen LogP contribution in [0.15, 0.2) is 64.5 Å². The lowest BCUT2D eigenvalue weighted by molar-refractivity contribution is 0.0949. The molecule has 2 N–H and O–H groups in total. The van der Waals surface area contributed by atoms with E-state index in [1.165, 1.54) is 48.5 Å². The number of nitrogens with one attached hydrogen (secondary N) is 2. The van der Waals surface area contributed by atoms with E-state index in [9.17, 15) is 18.4 Å². The van der Waals surface area contributed by atoms with Crippen molar-refractivity contribution in [3.8, 4) is 11.3 Å². The lowest BCUT2D eigenvalue weighted by Gasteiger charge is -2.04. The fourth-order valence-electron chi connectivity index (χ4n) is 2.15. The number of benzene rings is 2. The number of amides is 1. The highest BCUT2D eigenvalue weighted by molar-refractivity contribution is 5.93. The highest BCUT2D eigenvalue weighted by Crippen LogP contribution is 2.16. The molecule has 3 rings (SSSR count). The molecule has 0 saturated carbocycles. The molecule has 0 spiro atoms. The highest BCUT2D eigenvalue weighted by Gasteiger charge is 2.10. The zero-order chi connectivity index (χ0) is 18.5. The monoisotopic (exact) mass is 354 g/mol. The van der Waals surface area contributed by atoms with Gasteiger partial charge in [-0.15, -0.1) is 0 Å². The van der Waals surface area contributed by atoms with E-state index < -0.39 is 23.2 Å². The van der Waals surface area contributed by atoms with E-state index in [1.54, 1.807) is 6.07 Å². The summed E-state index contributed by atoms with van der Waals surface area (Å²) in [5, 5.41) is 3.67. The van der Waals surface area contributed by atoms with E-state index in [0.29, 0.717) is 5.56 Å². The standard InChI is InChI=1S/C18H12F2N4O2/c19-13-7-5-11(6-8-13)15-9-16(23-18(26)22-15)17(25)24-21-10-12-3-1-2-4-14(12)20/h1-10H,(H,24,25)(H,22,23,26)/b21-10+. The van der Waals surface area contributed by atoms with Crippen LogP contribution in [0.3, 0.4) is 0 Å². The van der Waals surface area contributed by atoms with Gasteiger partial charge in [-0.2, -0.15) is 10.1 Å². The summed E-state index contributed by atoms with van der Waals surface area (Å²) in [6, 6.07) is 12.6. The summed E-state index contributed by atoms with van der Waals surface area (Å²) in [5.41, 5.74) is 2.24. The first kappa shape index (κ1) is 17.2. The maximum atomic E-state index is 13.5. The number of aromatic amines is 1. The number of H-pyrrole nitrogens is 1. The molecule has 0 fully saturated rings. The van der Waals surface area contributed by atoms with Crippen LogP contribution >= 0.6 is 0 Å². The number of hydrogen-bond donors (Lipinski definition) is 2. The first-order chi connectivity index (χ1) is 12.5. The Hall–Kier alpha value is -3.68. The van der Waals surface area contributed by atoms with Gasteiger partial charge in [0.1, 0.15) is 17.3 Å². The average molecular weight is 354 g/mol. The predicted octanol–water partition coefficient (Wildman–Crippen LogP) is 2.48. The number of carbonyl (C=O) groups excluding carboxylic acids is 1. The van der Waals surface area contributed by atoms with Gasteiger partial charge < -0.3 is 4.98 Å². The Kier molecular flexibility index (Phi) is 4.93. The molecule has 0 aliphatic rings. The third kappa shape index (κ3) is 4.04. The Morgan fingerprint density at radius 1 is 1.12 bits per heavy atom. The molecule has 0 unspecified atom stereocenters. The second-order valence-corrected chi connectivity index (χ2v) is 5.21. The molecular formula is C18H12F2N4O2. The molecule has 0 aliphatic heterocycles. The van der Waals surface area contributed by atoms with Gasteiger partial charge in [-0.1, -0.05) is 18.2 Å². The lowest BCUT2D eigenvalue weighted by Crippen LogP contribution is -2.24. The Morgan fingerprint density at radius 2 is 1.85 bits per heavy atom. The molecule has 0 aliphatic carbocycles. The summed E-state index contributed by atoms with van der Waals surface area (Å²) < 4.78 is 26.5. The second kappa shape index (κ2) is 7.47. The van der Waals surface area contributed by atoms with Crippen molar-refractivity contribution in [1.29, 1.82) is 0 Å². The van der Waals surface area contributed by atoms with Gasteiger partial charge in [0.25, 0.3) is 5.91 Å². The van der Waals surface area contributed by atoms with Gasteiger partial charge >= 0.3 is 5.69 Å². The van der Waals surface area contributed by atoms with Crippen molar-refractivity contribution < 1.29 is 13.6 Å². The van der Waals surface area contributed by atoms with Crippen LogP contribution in [0.25, 0.3) is 11.3 Å². The van der Waals surface area contributed by atoms with Crippen molar-refractivity contribution in [3.05, 3.63) is 88.0 Å². The number of aromatic nitrogens is 2. The van der Waals surface area contributed by atoms with Gasteiger partial charge in [-0.05, 0) is 36.4 Å². The van der Waals surface area contributed by atoms with E-state index in [1.807, 2.05) is 0 Å². The molecule has 1 aromatic heterocycles. The molecule has 0 saturated heterocycles. The topological polar surface area (TPSA) is 87.2 Å². The molecule has 8 heteroatoms. The van der Waals surface area contributed by atoms with E-state index in [-0.39, 0.29) is 17.0 Å². The van der Waals surface area contributed by atoms with Gasteiger partial charge in [0.15, 0.2) is 0 Å². The summed E-state index contributed by atoms with van der Waals surface area (Å²) in [6.45, 7) is 0. The Morgan fingerprint density at radius 3 is 2.58 bits per heavy atom. The van der Waals surface area contributed by atoms with Crippen LogP contribution in [-0.4, -0.2) is 22.1 Å². The molecule has 1 amide bonds. The SMILES string of the molecule is O=C(N/N=C/c1ccccc1F)c1cc(-c2ccc(F)cc2)nc(=O)[nH]1. The van der Waals surface area contributed by atoms with Crippen molar-refractivity contribution in [2.75, 3.05) is 0 Å². The Bertz CT molecular complexity index is 1030. The Balaban J connectivity index is 1.80. The summed E-state index contributed by atoms with van der Waals surface area (Å²) in [6.07, 6.45) is 1.15. The fourth-order valence-corrected chi connectivity index (χ4v) is 2.15. The van der Waals surface area contributed by atoms with Crippen LogP contribution < -0.4 is 11.1 Å². The van der Waals surface area contributed by atoms with Gasteiger partial charge in [0, 0.05) is 11.1 Å². The van der Waals surface area contributed by atoms with Crippen molar-refractivity contribution in [2.45, 2.75) is 0 Å². The minimum Gasteiger partial charge on any atom is -0.301 e. The molecule has 26 heavy (non-hydrogen) atoms. The van der Waals surface area contributed by atoms with Crippen molar-refractivity contribution >= 4 is 12.1 Å². The summed E-state index contributed by atoms with van der Waals surface area (Å²) in [5.74, 6) is -1.62. The molecular weight excluding hydrogens is 342 g/mol. The molecule has 0 atom stereocenters. The highest BCUT2D eigenvalue weighted by atomic mass is 19.1. The van der Waals surface area contributed by atoms with Crippen molar-refractivity contribution in [2.24, 2.45) is 5.10 Å². The van der Waals surface area contributed by atoms with Gasteiger partial charge in [-0.25, -0.2) is 19.0 Å². The smallest absolute Gasteiger partial charge is 0.301 e. The zero-order valence-corrected chi connectivity index (χ0v) is 13.2. The number of hydrogen-bond acceptors (Lipinski definition) is 4. The third-order valence-electron chi connectivity index (χ3n) is 3.40. The number of nitrogens with zero attached hydrogens (tertiary/aromatic N) is 2. The average Bonchev–Trinajstić information content (AvgIpc) is 2.63. The molecule has 130 valence electrons.